The standard InChI is InChI=1S/C68H59NO/c1-9-10-20-41(2)35-45-40-66(3,4)55-37-42(29-32-47(45)55)36-52(43-31-34-58-53(38-43)48-23-15-18-27-57(48)69(58)46-21-12-11-13-22-46)44-30-33-50-56(39-44)68(7,8)63-60(50)61-51-25-16-19-28-59(51)70-65(61)62-49-24-14-17-26-54(49)67(5,6)64(62)63/h9-35,37-39,52H,36,40H2,1-8H3/b10-9-,41-20+,45-35-. The Morgan fingerprint density at radius 1 is 0.600 bits per heavy atom. The first-order valence-electron chi connectivity index (χ1n) is 25.3. The first kappa shape index (κ1) is 42.7. The van der Waals surface area contributed by atoms with E-state index < -0.39 is 0 Å². The van der Waals surface area contributed by atoms with E-state index in [0.717, 1.165) is 24.0 Å². The maximum absolute atomic E-state index is 7.01. The van der Waals surface area contributed by atoms with Crippen molar-refractivity contribution in [1.82, 2.24) is 4.57 Å². The van der Waals surface area contributed by atoms with Crippen LogP contribution in [0.1, 0.15) is 118 Å². The molecule has 0 fully saturated rings. The molecular formula is C68H59NO. The third-order valence-electron chi connectivity index (χ3n) is 16.6. The van der Waals surface area contributed by atoms with Crippen molar-refractivity contribution in [2.45, 2.75) is 90.4 Å². The Labute approximate surface area is 412 Å². The molecule has 0 amide bonds. The molecule has 2 heteroatoms. The van der Waals surface area contributed by atoms with Crippen molar-refractivity contribution in [3.05, 3.63) is 238 Å². The molecule has 10 aromatic rings. The van der Waals surface area contributed by atoms with E-state index in [1.165, 1.54) is 122 Å². The molecule has 2 nitrogen and oxygen atoms in total. The van der Waals surface area contributed by atoms with Crippen LogP contribution in [-0.4, -0.2) is 4.57 Å². The summed E-state index contributed by atoms with van der Waals surface area (Å²) in [7, 11) is 0. The molecule has 3 aliphatic rings. The van der Waals surface area contributed by atoms with E-state index in [4.69, 9.17) is 4.42 Å². The molecule has 1 unspecified atom stereocenters. The lowest BCUT2D eigenvalue weighted by Gasteiger charge is -2.31. The molecule has 0 saturated heterocycles. The first-order valence-corrected chi connectivity index (χ1v) is 25.3. The Hall–Kier alpha value is -7.42. The van der Waals surface area contributed by atoms with Crippen molar-refractivity contribution in [3.8, 4) is 27.9 Å². The number of aromatic nitrogens is 1. The van der Waals surface area contributed by atoms with Crippen molar-refractivity contribution in [1.29, 1.82) is 0 Å². The normalized spacial score (nSPS) is 17.2. The number of nitrogens with zero attached hydrogens (tertiary/aromatic N) is 1. The van der Waals surface area contributed by atoms with Gasteiger partial charge in [-0.3, -0.25) is 0 Å². The second-order valence-electron chi connectivity index (χ2n) is 22.2. The predicted molar refractivity (Wildman–Crippen MR) is 296 cm³/mol. The zero-order valence-corrected chi connectivity index (χ0v) is 41.7. The van der Waals surface area contributed by atoms with E-state index in [1.807, 2.05) is 0 Å². The molecule has 1 atom stereocenters. The van der Waals surface area contributed by atoms with Gasteiger partial charge >= 0.3 is 0 Å². The van der Waals surface area contributed by atoms with E-state index >= 15 is 0 Å². The van der Waals surface area contributed by atoms with Gasteiger partial charge in [0.2, 0.25) is 0 Å². The van der Waals surface area contributed by atoms with Gasteiger partial charge in [-0.15, -0.1) is 0 Å². The lowest BCUT2D eigenvalue weighted by molar-refractivity contribution is 0.562. The van der Waals surface area contributed by atoms with Crippen LogP contribution < -0.4 is 0 Å². The molecule has 0 spiro atoms. The average molecular weight is 906 g/mol. The average Bonchev–Trinajstić information content (AvgIpc) is 4.11. The lowest BCUT2D eigenvalue weighted by Crippen LogP contribution is -2.24. The fraction of sp³-hybridized carbons (Fsp3) is 0.206. The number of hydrogen-bond donors (Lipinski definition) is 0. The summed E-state index contributed by atoms with van der Waals surface area (Å²) in [5.74, 6) is 0.0952. The van der Waals surface area contributed by atoms with Crippen LogP contribution in [0.2, 0.25) is 0 Å². The highest BCUT2D eigenvalue weighted by Crippen LogP contribution is 2.63. The van der Waals surface area contributed by atoms with E-state index in [2.05, 4.69) is 242 Å². The Morgan fingerprint density at radius 3 is 2.09 bits per heavy atom. The topological polar surface area (TPSA) is 18.1 Å². The maximum atomic E-state index is 7.01. The molecule has 13 rings (SSSR count). The Balaban J connectivity index is 1.02. The van der Waals surface area contributed by atoms with Gasteiger partial charge in [-0.2, -0.15) is 0 Å². The smallest absolute Gasteiger partial charge is 0.144 e. The second-order valence-corrected chi connectivity index (χ2v) is 22.2. The lowest BCUT2D eigenvalue weighted by atomic mass is 9.71. The molecule has 342 valence electrons. The highest BCUT2D eigenvalue weighted by Gasteiger charge is 2.48. The summed E-state index contributed by atoms with van der Waals surface area (Å²) < 4.78 is 9.44. The molecule has 2 heterocycles. The van der Waals surface area contributed by atoms with Crippen molar-refractivity contribution < 1.29 is 4.42 Å². The second kappa shape index (κ2) is 15.3. The molecule has 0 N–H and O–H groups in total. The maximum Gasteiger partial charge on any atom is 0.144 e. The fourth-order valence-corrected chi connectivity index (χ4v) is 13.4. The van der Waals surface area contributed by atoms with Gasteiger partial charge in [-0.05, 0) is 141 Å². The summed E-state index contributed by atoms with van der Waals surface area (Å²) in [5, 5.41) is 5.00. The van der Waals surface area contributed by atoms with Gasteiger partial charge in [-0.25, -0.2) is 0 Å². The van der Waals surface area contributed by atoms with E-state index in [-0.39, 0.29) is 22.2 Å². The van der Waals surface area contributed by atoms with Crippen molar-refractivity contribution in [2.75, 3.05) is 0 Å². The fourth-order valence-electron chi connectivity index (χ4n) is 13.4. The number of fused-ring (bicyclic) bond motifs is 16. The van der Waals surface area contributed by atoms with Gasteiger partial charge in [-0.1, -0.05) is 193 Å². The van der Waals surface area contributed by atoms with Crippen molar-refractivity contribution >= 4 is 49.3 Å². The summed E-state index contributed by atoms with van der Waals surface area (Å²) in [6, 6.07) is 59.7. The number of allylic oxidation sites excluding steroid dienone is 6. The zero-order chi connectivity index (χ0) is 47.8. The highest BCUT2D eigenvalue weighted by molar-refractivity contribution is 6.20. The Kier molecular flexibility index (Phi) is 9.32. The van der Waals surface area contributed by atoms with Crippen LogP contribution in [0.3, 0.4) is 0 Å². The van der Waals surface area contributed by atoms with Crippen molar-refractivity contribution in [3.63, 3.8) is 0 Å². The predicted octanol–water partition coefficient (Wildman–Crippen LogP) is 18.3. The highest BCUT2D eigenvalue weighted by atomic mass is 16.3. The number of rotatable bonds is 7. The molecule has 0 saturated carbocycles. The van der Waals surface area contributed by atoms with E-state index in [1.54, 1.807) is 0 Å². The molecule has 8 aromatic carbocycles. The van der Waals surface area contributed by atoms with Gasteiger partial charge < -0.3 is 8.98 Å². The van der Waals surface area contributed by atoms with E-state index in [9.17, 15) is 0 Å². The van der Waals surface area contributed by atoms with Gasteiger partial charge in [0.1, 0.15) is 11.2 Å². The van der Waals surface area contributed by atoms with Crippen LogP contribution in [0, 0.1) is 0 Å². The largest absolute Gasteiger partial charge is 0.455 e. The molecule has 0 bridgehead atoms. The van der Waals surface area contributed by atoms with Crippen molar-refractivity contribution in [2.24, 2.45) is 0 Å². The van der Waals surface area contributed by atoms with Crippen LogP contribution >= 0.6 is 0 Å². The van der Waals surface area contributed by atoms with Crippen LogP contribution in [0.5, 0.6) is 0 Å². The van der Waals surface area contributed by atoms with Crippen LogP contribution in [0.25, 0.3) is 77.3 Å². The monoisotopic (exact) mass is 905 g/mol. The molecule has 0 aliphatic heterocycles. The van der Waals surface area contributed by atoms with Crippen LogP contribution in [-0.2, 0) is 22.7 Å². The summed E-state index contributed by atoms with van der Waals surface area (Å²) >= 11 is 0. The molecule has 0 radical (unpaired) electrons. The quantitative estimate of drug-likeness (QED) is 0.146. The Morgan fingerprint density at radius 2 is 1.26 bits per heavy atom. The number of hydrogen-bond acceptors (Lipinski definition) is 1. The SMILES string of the molecule is C\C=C/C=C(C)/C=C1/CC(C)(C)c2cc(CC(c3ccc4c(c3)C(C)(C)c3c5c(c6oc7ccccc7c6c3-4)-c3ccccc3C5(C)C)c3ccc4c(c3)c3ccccc3n4-c3ccccc3)ccc21. The number of para-hydroxylation sites is 3. The minimum absolute atomic E-state index is 0.0331. The minimum atomic E-state index is -0.284. The van der Waals surface area contributed by atoms with E-state index in [0.29, 0.717) is 0 Å². The summed E-state index contributed by atoms with van der Waals surface area (Å²) in [5.41, 5.74) is 25.6. The first-order chi connectivity index (χ1) is 33.8. The van der Waals surface area contributed by atoms with Crippen LogP contribution in [0.15, 0.2) is 192 Å². The van der Waals surface area contributed by atoms with Gasteiger partial charge in [0, 0.05) is 49.5 Å². The zero-order valence-electron chi connectivity index (χ0n) is 41.7. The third-order valence-corrected chi connectivity index (χ3v) is 16.6. The van der Waals surface area contributed by atoms with Gasteiger partial charge in [0.15, 0.2) is 0 Å². The molecule has 3 aliphatic carbocycles. The summed E-state index contributed by atoms with van der Waals surface area (Å²) in [6.45, 7) is 19.0. The van der Waals surface area contributed by atoms with Gasteiger partial charge in [0.05, 0.1) is 11.0 Å². The molecule has 70 heavy (non-hydrogen) atoms. The molecular weight excluding hydrogens is 847 g/mol. The number of benzene rings is 8. The minimum Gasteiger partial charge on any atom is -0.455 e. The van der Waals surface area contributed by atoms with Gasteiger partial charge in [0.25, 0.3) is 0 Å². The number of furan rings is 1. The molecule has 2 aromatic heterocycles. The summed E-state index contributed by atoms with van der Waals surface area (Å²) in [6.07, 6.45) is 10.8. The van der Waals surface area contributed by atoms with Crippen LogP contribution in [0.4, 0.5) is 0 Å². The summed E-state index contributed by atoms with van der Waals surface area (Å²) in [4.78, 5) is 0. The Bertz CT molecular complexity index is 3930. The third kappa shape index (κ3) is 6.11.